The number of ether oxygens (including phenoxy) is 1. The van der Waals surface area contributed by atoms with Crippen LogP contribution in [-0.2, 0) is 0 Å². The van der Waals surface area contributed by atoms with Gasteiger partial charge in [-0.05, 0) is 49.7 Å². The van der Waals surface area contributed by atoms with Crippen molar-refractivity contribution in [1.82, 2.24) is 25.4 Å². The molecule has 1 aliphatic heterocycles. The smallest absolute Gasteiger partial charge is 0.254 e. The Bertz CT molecular complexity index is 1380. The van der Waals surface area contributed by atoms with E-state index in [1.54, 1.807) is 29.3 Å². The van der Waals surface area contributed by atoms with E-state index in [9.17, 15) is 9.18 Å². The third-order valence-electron chi connectivity index (χ3n) is 6.69. The Morgan fingerprint density at radius 2 is 2.06 bits per heavy atom. The standard InChI is InChI=1S/C27H28FN5O2/c1-4-35-24-11-18(8-9-21(24)17-6-5-7-20(28)10-17)27(34)33(3)26(19-12-29-13-19)23-14-30-16(2)22-15-31-32-25(22)23/h5-11,14-15,19,26,29H,4,12-13H2,1-3H3,(H,31,32)/t26-/m1/s1. The first-order valence-corrected chi connectivity index (χ1v) is 11.8. The van der Waals surface area contributed by atoms with Gasteiger partial charge in [-0.15, -0.1) is 0 Å². The average molecular weight is 474 g/mol. The summed E-state index contributed by atoms with van der Waals surface area (Å²) >= 11 is 0. The summed E-state index contributed by atoms with van der Waals surface area (Å²) in [5.41, 5.74) is 4.71. The van der Waals surface area contributed by atoms with Crippen LogP contribution in [-0.4, -0.2) is 52.7 Å². The summed E-state index contributed by atoms with van der Waals surface area (Å²) in [6, 6.07) is 11.5. The highest BCUT2D eigenvalue weighted by atomic mass is 19.1. The Hall–Kier alpha value is -3.78. The summed E-state index contributed by atoms with van der Waals surface area (Å²) in [4.78, 5) is 20.1. The second-order valence-corrected chi connectivity index (χ2v) is 8.89. The van der Waals surface area contributed by atoms with Crippen LogP contribution in [0.2, 0.25) is 0 Å². The van der Waals surface area contributed by atoms with Gasteiger partial charge in [0.25, 0.3) is 5.91 Å². The van der Waals surface area contributed by atoms with Gasteiger partial charge in [0.2, 0.25) is 0 Å². The van der Waals surface area contributed by atoms with E-state index >= 15 is 0 Å². The Kier molecular flexibility index (Phi) is 6.21. The molecule has 0 radical (unpaired) electrons. The first-order chi connectivity index (χ1) is 17.0. The molecule has 3 heterocycles. The van der Waals surface area contributed by atoms with Gasteiger partial charge >= 0.3 is 0 Å². The number of carbonyl (C=O) groups excluding carboxylic acids is 1. The molecule has 35 heavy (non-hydrogen) atoms. The lowest BCUT2D eigenvalue weighted by Gasteiger charge is -2.40. The van der Waals surface area contributed by atoms with Crippen molar-refractivity contribution in [2.75, 3.05) is 26.7 Å². The summed E-state index contributed by atoms with van der Waals surface area (Å²) in [6.07, 6.45) is 3.62. The zero-order chi connectivity index (χ0) is 24.5. The molecule has 0 saturated carbocycles. The molecule has 2 aromatic carbocycles. The van der Waals surface area contributed by atoms with E-state index in [4.69, 9.17) is 4.74 Å². The largest absolute Gasteiger partial charge is 0.493 e. The van der Waals surface area contributed by atoms with Gasteiger partial charge in [-0.3, -0.25) is 14.9 Å². The van der Waals surface area contributed by atoms with Crippen LogP contribution >= 0.6 is 0 Å². The predicted octanol–water partition coefficient (Wildman–Crippen LogP) is 4.50. The number of hydrogen-bond acceptors (Lipinski definition) is 5. The number of amides is 1. The lowest BCUT2D eigenvalue weighted by molar-refractivity contribution is 0.0626. The van der Waals surface area contributed by atoms with Crippen LogP contribution in [0.25, 0.3) is 22.0 Å². The zero-order valence-electron chi connectivity index (χ0n) is 20.0. The van der Waals surface area contributed by atoms with Crippen molar-refractivity contribution in [3.8, 4) is 16.9 Å². The number of carbonyl (C=O) groups is 1. The van der Waals surface area contributed by atoms with Gasteiger partial charge in [0, 0.05) is 60.0 Å². The van der Waals surface area contributed by atoms with Gasteiger partial charge in [0.1, 0.15) is 11.6 Å². The number of pyridine rings is 1. The second-order valence-electron chi connectivity index (χ2n) is 8.89. The zero-order valence-corrected chi connectivity index (χ0v) is 20.0. The van der Waals surface area contributed by atoms with Crippen LogP contribution in [0.3, 0.4) is 0 Å². The number of hydrogen-bond donors (Lipinski definition) is 2. The summed E-state index contributed by atoms with van der Waals surface area (Å²) in [5, 5.41) is 11.6. The van der Waals surface area contributed by atoms with E-state index in [-0.39, 0.29) is 23.7 Å². The number of benzene rings is 2. The van der Waals surface area contributed by atoms with Gasteiger partial charge in [0.05, 0.1) is 24.4 Å². The fraction of sp³-hybridized carbons (Fsp3) is 0.296. The number of nitrogens with zero attached hydrogens (tertiary/aromatic N) is 3. The van der Waals surface area contributed by atoms with E-state index in [1.807, 2.05) is 39.2 Å². The lowest BCUT2D eigenvalue weighted by atomic mass is 9.87. The van der Waals surface area contributed by atoms with E-state index < -0.39 is 0 Å². The van der Waals surface area contributed by atoms with E-state index in [0.717, 1.165) is 40.8 Å². The quantitative estimate of drug-likeness (QED) is 0.413. The summed E-state index contributed by atoms with van der Waals surface area (Å²) in [5.74, 6) is 0.352. The molecule has 1 aliphatic rings. The van der Waals surface area contributed by atoms with Crippen LogP contribution in [0.5, 0.6) is 5.75 Å². The van der Waals surface area contributed by atoms with Gasteiger partial charge in [-0.2, -0.15) is 5.10 Å². The molecule has 4 aromatic rings. The first-order valence-electron chi connectivity index (χ1n) is 11.8. The Labute approximate surface area is 203 Å². The highest BCUT2D eigenvalue weighted by Gasteiger charge is 2.36. The number of aromatic amines is 1. The third kappa shape index (κ3) is 4.25. The minimum Gasteiger partial charge on any atom is -0.493 e. The molecule has 8 heteroatoms. The SMILES string of the molecule is CCOc1cc(C(=O)N(C)[C@@H](c2cnc(C)c3cn[nH]c23)C2CNC2)ccc1-c1cccc(F)c1. The van der Waals surface area contributed by atoms with Crippen LogP contribution in [0.1, 0.15) is 34.6 Å². The summed E-state index contributed by atoms with van der Waals surface area (Å²) < 4.78 is 19.7. The molecule has 7 nitrogen and oxygen atoms in total. The number of H-pyrrole nitrogens is 1. The number of aryl methyl sites for hydroxylation is 1. The number of nitrogens with one attached hydrogen (secondary N) is 2. The van der Waals surface area contributed by atoms with E-state index in [2.05, 4.69) is 20.5 Å². The van der Waals surface area contributed by atoms with Crippen molar-refractivity contribution >= 4 is 16.8 Å². The molecule has 5 rings (SSSR count). The number of rotatable bonds is 7. The first kappa shape index (κ1) is 23.0. The molecule has 0 spiro atoms. The normalized spacial score (nSPS) is 14.5. The summed E-state index contributed by atoms with van der Waals surface area (Å²) in [7, 11) is 1.83. The van der Waals surface area contributed by atoms with Crippen LogP contribution in [0.4, 0.5) is 4.39 Å². The van der Waals surface area contributed by atoms with Gasteiger partial charge in [-0.1, -0.05) is 12.1 Å². The molecular weight excluding hydrogens is 445 g/mol. The monoisotopic (exact) mass is 473 g/mol. The van der Waals surface area contributed by atoms with Crippen LogP contribution < -0.4 is 10.1 Å². The fourth-order valence-electron chi connectivity index (χ4n) is 4.77. The molecule has 1 atom stereocenters. The van der Waals surface area contributed by atoms with Gasteiger partial charge in [-0.25, -0.2) is 4.39 Å². The number of fused-ring (bicyclic) bond motifs is 1. The van der Waals surface area contributed by atoms with Crippen molar-refractivity contribution in [2.45, 2.75) is 19.9 Å². The second kappa shape index (κ2) is 9.46. The van der Waals surface area contributed by atoms with Crippen molar-refractivity contribution in [1.29, 1.82) is 0 Å². The molecule has 0 bridgehead atoms. The molecule has 180 valence electrons. The van der Waals surface area contributed by atoms with Crippen molar-refractivity contribution < 1.29 is 13.9 Å². The molecule has 1 fully saturated rings. The fourth-order valence-corrected chi connectivity index (χ4v) is 4.77. The maximum atomic E-state index is 13.8. The highest BCUT2D eigenvalue weighted by Crippen LogP contribution is 2.37. The van der Waals surface area contributed by atoms with Crippen molar-refractivity contribution in [2.24, 2.45) is 5.92 Å². The number of aromatic nitrogens is 3. The molecule has 2 aromatic heterocycles. The van der Waals surface area contributed by atoms with Crippen molar-refractivity contribution in [3.63, 3.8) is 0 Å². The van der Waals surface area contributed by atoms with E-state index in [0.29, 0.717) is 23.5 Å². The highest BCUT2D eigenvalue weighted by molar-refractivity contribution is 5.96. The molecule has 2 N–H and O–H groups in total. The van der Waals surface area contributed by atoms with Crippen molar-refractivity contribution in [3.05, 3.63) is 77.5 Å². The van der Waals surface area contributed by atoms with Crippen LogP contribution in [0.15, 0.2) is 54.9 Å². The van der Waals surface area contributed by atoms with Gasteiger partial charge in [0.15, 0.2) is 0 Å². The minimum absolute atomic E-state index is 0.123. The Morgan fingerprint density at radius 1 is 1.23 bits per heavy atom. The Balaban J connectivity index is 1.52. The molecule has 0 unspecified atom stereocenters. The molecular formula is C27H28FN5O2. The topological polar surface area (TPSA) is 83.1 Å². The molecule has 1 saturated heterocycles. The third-order valence-corrected chi connectivity index (χ3v) is 6.69. The summed E-state index contributed by atoms with van der Waals surface area (Å²) in [6.45, 7) is 5.89. The van der Waals surface area contributed by atoms with Crippen LogP contribution in [0, 0.1) is 18.7 Å². The maximum Gasteiger partial charge on any atom is 0.254 e. The predicted molar refractivity (Wildman–Crippen MR) is 133 cm³/mol. The van der Waals surface area contributed by atoms with Gasteiger partial charge < -0.3 is 15.0 Å². The minimum atomic E-state index is -0.321. The Morgan fingerprint density at radius 3 is 2.77 bits per heavy atom. The lowest BCUT2D eigenvalue weighted by Crippen LogP contribution is -2.50. The number of halogens is 1. The molecule has 0 aliphatic carbocycles. The maximum absolute atomic E-state index is 13.8. The molecule has 1 amide bonds. The van der Waals surface area contributed by atoms with E-state index in [1.165, 1.54) is 12.1 Å². The average Bonchev–Trinajstić information content (AvgIpc) is 3.32.